The van der Waals surface area contributed by atoms with Crippen LogP contribution in [-0.2, 0) is 26.2 Å². The van der Waals surface area contributed by atoms with E-state index in [1.807, 2.05) is 0 Å². The monoisotopic (exact) mass is 495 g/mol. The van der Waals surface area contributed by atoms with Crippen molar-refractivity contribution in [3.05, 3.63) is 54.1 Å². The fourth-order valence-electron chi connectivity index (χ4n) is 3.51. The molecule has 0 radical (unpaired) electrons. The van der Waals surface area contributed by atoms with Crippen LogP contribution in [0.1, 0.15) is 5.56 Å². The lowest BCUT2D eigenvalue weighted by Crippen LogP contribution is -2.61. The Labute approximate surface area is 198 Å². The molecule has 11 heteroatoms. The van der Waals surface area contributed by atoms with Crippen LogP contribution >= 0.6 is 11.6 Å². The average molecular weight is 496 g/mol. The van der Waals surface area contributed by atoms with Gasteiger partial charge in [-0.05, 0) is 42.0 Å². The highest BCUT2D eigenvalue weighted by Gasteiger charge is 2.41. The minimum absolute atomic E-state index is 0.0301. The number of nitrogens with one attached hydrogen (secondary N) is 1. The summed E-state index contributed by atoms with van der Waals surface area (Å²) >= 11 is 5.68. The van der Waals surface area contributed by atoms with Gasteiger partial charge in [0.15, 0.2) is 0 Å². The Morgan fingerprint density at radius 3 is 2.12 bits per heavy atom. The molecule has 2 aromatic carbocycles. The standard InChI is InChI=1S/C22H26ClN3O6S/c1-31-17-5-3-16(4-6-17)14-24-22(28)20-15-25(21(27)13-23)11-12-26(20)33(29,30)19-9-7-18(32-2)8-10-19/h3-10,20H,11-15H2,1-2H3,(H,24,28)/t20-/m0/s1. The van der Waals surface area contributed by atoms with Gasteiger partial charge in [0.1, 0.15) is 23.4 Å². The molecule has 1 saturated heterocycles. The normalized spacial score (nSPS) is 16.8. The summed E-state index contributed by atoms with van der Waals surface area (Å²) in [5.41, 5.74) is 0.818. The third kappa shape index (κ3) is 5.76. The second kappa shape index (κ2) is 10.9. The number of piperazine rings is 1. The first kappa shape index (κ1) is 24.8. The number of benzene rings is 2. The number of halogens is 1. The molecular formula is C22H26ClN3O6S. The number of methoxy groups -OCH3 is 2. The molecule has 0 spiro atoms. The van der Waals surface area contributed by atoms with Crippen molar-refractivity contribution in [2.24, 2.45) is 0 Å². The number of hydrogen-bond donors (Lipinski definition) is 1. The maximum atomic E-state index is 13.4. The van der Waals surface area contributed by atoms with E-state index < -0.39 is 22.0 Å². The first-order valence-corrected chi connectivity index (χ1v) is 12.2. The highest BCUT2D eigenvalue weighted by Crippen LogP contribution is 2.24. The Morgan fingerprint density at radius 1 is 1.00 bits per heavy atom. The molecule has 1 fully saturated rings. The number of alkyl halides is 1. The van der Waals surface area contributed by atoms with E-state index >= 15 is 0 Å². The summed E-state index contributed by atoms with van der Waals surface area (Å²) in [6.45, 7) is 0.218. The summed E-state index contributed by atoms with van der Waals surface area (Å²) in [4.78, 5) is 26.7. The maximum absolute atomic E-state index is 13.4. The van der Waals surface area contributed by atoms with Gasteiger partial charge in [0.05, 0.1) is 19.1 Å². The molecule has 1 aliphatic heterocycles. The summed E-state index contributed by atoms with van der Waals surface area (Å²) in [6.07, 6.45) is 0. The van der Waals surface area contributed by atoms with Crippen LogP contribution in [0.3, 0.4) is 0 Å². The van der Waals surface area contributed by atoms with Crippen LogP contribution in [0.4, 0.5) is 0 Å². The minimum atomic E-state index is -4.00. The molecular weight excluding hydrogens is 470 g/mol. The zero-order chi connectivity index (χ0) is 24.0. The average Bonchev–Trinajstić information content (AvgIpc) is 2.86. The molecule has 0 unspecified atom stereocenters. The number of sulfonamides is 1. The molecule has 2 aromatic rings. The van der Waals surface area contributed by atoms with E-state index in [0.29, 0.717) is 11.5 Å². The van der Waals surface area contributed by atoms with Gasteiger partial charge < -0.3 is 19.7 Å². The molecule has 3 rings (SSSR count). The number of hydrogen-bond acceptors (Lipinski definition) is 6. The predicted octanol–water partition coefficient (Wildman–Crippen LogP) is 1.46. The van der Waals surface area contributed by atoms with Gasteiger partial charge in [-0.2, -0.15) is 4.31 Å². The molecule has 1 N–H and O–H groups in total. The quantitative estimate of drug-likeness (QED) is 0.556. The van der Waals surface area contributed by atoms with E-state index in [9.17, 15) is 18.0 Å². The third-order valence-corrected chi connectivity index (χ3v) is 7.54. The largest absolute Gasteiger partial charge is 0.497 e. The van der Waals surface area contributed by atoms with E-state index in [-0.39, 0.29) is 42.9 Å². The van der Waals surface area contributed by atoms with Crippen molar-refractivity contribution in [2.45, 2.75) is 17.5 Å². The van der Waals surface area contributed by atoms with Crippen LogP contribution < -0.4 is 14.8 Å². The van der Waals surface area contributed by atoms with Crippen LogP contribution in [0.2, 0.25) is 0 Å². The smallest absolute Gasteiger partial charge is 0.243 e. The Hall–Kier alpha value is -2.82. The molecule has 0 bridgehead atoms. The van der Waals surface area contributed by atoms with Crippen LogP contribution in [0, 0.1) is 0 Å². The maximum Gasteiger partial charge on any atom is 0.243 e. The van der Waals surface area contributed by atoms with Gasteiger partial charge in [0.2, 0.25) is 21.8 Å². The first-order valence-electron chi connectivity index (χ1n) is 10.2. The van der Waals surface area contributed by atoms with E-state index in [4.69, 9.17) is 21.1 Å². The lowest BCUT2D eigenvalue weighted by molar-refractivity contribution is -0.134. The fraction of sp³-hybridized carbons (Fsp3) is 0.364. The van der Waals surface area contributed by atoms with Crippen molar-refractivity contribution < 1.29 is 27.5 Å². The van der Waals surface area contributed by atoms with E-state index in [1.54, 1.807) is 43.5 Å². The summed E-state index contributed by atoms with van der Waals surface area (Å²) in [7, 11) is -0.953. The van der Waals surface area contributed by atoms with Crippen LogP contribution in [-0.4, -0.2) is 75.2 Å². The molecule has 2 amide bonds. The SMILES string of the molecule is COc1ccc(CNC(=O)[C@@H]2CN(C(=O)CCl)CCN2S(=O)(=O)c2ccc(OC)cc2)cc1. The van der Waals surface area contributed by atoms with Crippen LogP contribution in [0.5, 0.6) is 11.5 Å². The van der Waals surface area contributed by atoms with Crippen molar-refractivity contribution in [3.63, 3.8) is 0 Å². The Bertz CT molecular complexity index is 1080. The molecule has 9 nitrogen and oxygen atoms in total. The summed E-state index contributed by atoms with van der Waals surface area (Å²) < 4.78 is 38.1. The third-order valence-electron chi connectivity index (χ3n) is 5.39. The molecule has 1 aliphatic rings. The molecule has 0 aromatic heterocycles. The zero-order valence-electron chi connectivity index (χ0n) is 18.4. The molecule has 0 saturated carbocycles. The van der Waals surface area contributed by atoms with Crippen molar-refractivity contribution in [1.29, 1.82) is 0 Å². The lowest BCUT2D eigenvalue weighted by atomic mass is 10.1. The highest BCUT2D eigenvalue weighted by molar-refractivity contribution is 7.89. The van der Waals surface area contributed by atoms with Crippen LogP contribution in [0.25, 0.3) is 0 Å². The van der Waals surface area contributed by atoms with Gasteiger partial charge in [-0.1, -0.05) is 12.1 Å². The number of amides is 2. The summed E-state index contributed by atoms with van der Waals surface area (Å²) in [6, 6.07) is 12.0. The molecule has 0 aliphatic carbocycles. The topological polar surface area (TPSA) is 105 Å². The molecule has 33 heavy (non-hydrogen) atoms. The van der Waals surface area contributed by atoms with E-state index in [2.05, 4.69) is 5.32 Å². The first-order chi connectivity index (χ1) is 15.8. The molecule has 178 valence electrons. The van der Waals surface area contributed by atoms with Gasteiger partial charge in [0.25, 0.3) is 0 Å². The van der Waals surface area contributed by atoms with E-state index in [1.165, 1.54) is 24.1 Å². The Balaban J connectivity index is 1.82. The Kier molecular flexibility index (Phi) is 8.17. The summed E-state index contributed by atoms with van der Waals surface area (Å²) in [5, 5.41) is 2.78. The Morgan fingerprint density at radius 2 is 1.58 bits per heavy atom. The second-order valence-corrected chi connectivity index (χ2v) is 9.50. The van der Waals surface area contributed by atoms with Crippen LogP contribution in [0.15, 0.2) is 53.4 Å². The zero-order valence-corrected chi connectivity index (χ0v) is 19.9. The number of ether oxygens (including phenoxy) is 2. The minimum Gasteiger partial charge on any atom is -0.497 e. The van der Waals surface area contributed by atoms with Gasteiger partial charge in [-0.25, -0.2) is 8.42 Å². The van der Waals surface area contributed by atoms with Crippen molar-refractivity contribution in [2.75, 3.05) is 39.7 Å². The van der Waals surface area contributed by atoms with Gasteiger partial charge in [-0.3, -0.25) is 9.59 Å². The van der Waals surface area contributed by atoms with Gasteiger partial charge in [0, 0.05) is 26.2 Å². The van der Waals surface area contributed by atoms with Crippen molar-refractivity contribution >= 4 is 33.4 Å². The number of carbonyl (C=O) groups excluding carboxylic acids is 2. The lowest BCUT2D eigenvalue weighted by Gasteiger charge is -2.39. The number of rotatable bonds is 8. The predicted molar refractivity (Wildman–Crippen MR) is 123 cm³/mol. The number of carbonyl (C=O) groups is 2. The van der Waals surface area contributed by atoms with Gasteiger partial charge in [-0.15, -0.1) is 11.6 Å². The second-order valence-electron chi connectivity index (χ2n) is 7.35. The molecule has 1 atom stereocenters. The van der Waals surface area contributed by atoms with Crippen molar-refractivity contribution in [1.82, 2.24) is 14.5 Å². The van der Waals surface area contributed by atoms with E-state index in [0.717, 1.165) is 9.87 Å². The van der Waals surface area contributed by atoms with Crippen molar-refractivity contribution in [3.8, 4) is 11.5 Å². The van der Waals surface area contributed by atoms with Gasteiger partial charge >= 0.3 is 0 Å². The highest BCUT2D eigenvalue weighted by atomic mass is 35.5. The summed E-state index contributed by atoms with van der Waals surface area (Å²) in [5.74, 6) is 0.0940. The molecule has 1 heterocycles. The fourth-order valence-corrected chi connectivity index (χ4v) is 5.25. The number of nitrogens with zero attached hydrogens (tertiary/aromatic N) is 2.